The summed E-state index contributed by atoms with van der Waals surface area (Å²) in [5.41, 5.74) is 3.98. The van der Waals surface area contributed by atoms with Gasteiger partial charge in [0, 0.05) is 78.6 Å². The molecule has 2 aliphatic rings. The van der Waals surface area contributed by atoms with Crippen molar-refractivity contribution in [2.24, 2.45) is 5.92 Å². The van der Waals surface area contributed by atoms with Crippen LogP contribution in [-0.4, -0.2) is 96.9 Å². The zero-order chi connectivity index (χ0) is 33.2. The quantitative estimate of drug-likeness (QED) is 0.280. The number of carbonyl (C=O) groups excluding carboxylic acids is 3. The number of hydrogen-bond donors (Lipinski definition) is 2. The monoisotopic (exact) mass is 658 g/mol. The van der Waals surface area contributed by atoms with Crippen LogP contribution in [0.5, 0.6) is 0 Å². The predicted octanol–water partition coefficient (Wildman–Crippen LogP) is 5.37. The Labute approximate surface area is 279 Å². The van der Waals surface area contributed by atoms with Gasteiger partial charge in [0.25, 0.3) is 5.91 Å². The number of piperazine rings is 1. The second-order valence-corrected chi connectivity index (χ2v) is 13.3. The topological polar surface area (TPSA) is 92.0 Å². The molecule has 47 heavy (non-hydrogen) atoms. The molecule has 0 radical (unpaired) electrons. The molecule has 1 aromatic heterocycles. The minimum atomic E-state index is -0.879. The van der Waals surface area contributed by atoms with Crippen molar-refractivity contribution in [2.75, 3.05) is 58.3 Å². The number of halogens is 2. The van der Waals surface area contributed by atoms with Crippen molar-refractivity contribution in [2.45, 2.75) is 25.3 Å². The van der Waals surface area contributed by atoms with Crippen LogP contribution >= 0.6 is 11.6 Å². The highest BCUT2D eigenvalue weighted by molar-refractivity contribution is 6.30. The number of amides is 4. The van der Waals surface area contributed by atoms with Gasteiger partial charge in [-0.15, -0.1) is 0 Å². The van der Waals surface area contributed by atoms with E-state index in [4.69, 9.17) is 11.6 Å². The lowest BCUT2D eigenvalue weighted by molar-refractivity contribution is -0.121. The number of carbonyl (C=O) groups is 3. The second kappa shape index (κ2) is 13.8. The number of nitrogens with one attached hydrogen (secondary N) is 2. The fraction of sp³-hybridized carbons (Fsp3) is 0.361. The van der Waals surface area contributed by atoms with Crippen LogP contribution in [0.3, 0.4) is 0 Å². The highest BCUT2D eigenvalue weighted by Gasteiger charge is 2.38. The van der Waals surface area contributed by atoms with Gasteiger partial charge in [0.15, 0.2) is 0 Å². The zero-order valence-corrected chi connectivity index (χ0v) is 27.6. The Morgan fingerprint density at radius 1 is 1.00 bits per heavy atom. The molecule has 4 aromatic rings. The standard InChI is InChI=1S/C36H40ClFN6O3/c1-23(30-20-39-31-10-5-4-9-29(30)31)33(35(46)44-22-24(21-41(2)3)17-26-18-27(37)11-12-32(26)44)40-36(47)43-15-13-42(14-16-43)34(45)25-7-6-8-28(38)19-25/h4-12,18-20,23-24,33,39H,13-17,21-22H2,1-3H3,(H,40,47)/t23-,24+,33+/m0/s1. The van der Waals surface area contributed by atoms with Crippen molar-refractivity contribution in [3.63, 3.8) is 0 Å². The lowest BCUT2D eigenvalue weighted by Gasteiger charge is -2.40. The van der Waals surface area contributed by atoms with Gasteiger partial charge in [0.05, 0.1) is 0 Å². The van der Waals surface area contributed by atoms with Gasteiger partial charge >= 0.3 is 6.03 Å². The molecule has 9 nitrogen and oxygen atoms in total. The third-order valence-corrected chi connectivity index (χ3v) is 9.49. The maximum atomic E-state index is 14.7. The van der Waals surface area contributed by atoms with Crippen molar-refractivity contribution >= 4 is 46.0 Å². The van der Waals surface area contributed by atoms with E-state index in [9.17, 15) is 18.8 Å². The number of hydrogen-bond acceptors (Lipinski definition) is 4. The molecule has 2 aliphatic heterocycles. The first-order valence-electron chi connectivity index (χ1n) is 16.0. The van der Waals surface area contributed by atoms with Crippen LogP contribution < -0.4 is 10.2 Å². The van der Waals surface area contributed by atoms with E-state index in [1.807, 2.05) is 68.5 Å². The summed E-state index contributed by atoms with van der Waals surface area (Å²) in [6.07, 6.45) is 2.71. The van der Waals surface area contributed by atoms with E-state index in [2.05, 4.69) is 15.2 Å². The number of para-hydroxylation sites is 1. The normalized spacial score (nSPS) is 17.8. The van der Waals surface area contributed by atoms with Crippen LogP contribution in [0.15, 0.2) is 72.9 Å². The Morgan fingerprint density at radius 3 is 2.49 bits per heavy atom. The minimum absolute atomic E-state index is 0.184. The van der Waals surface area contributed by atoms with Gasteiger partial charge in [-0.2, -0.15) is 0 Å². The van der Waals surface area contributed by atoms with Gasteiger partial charge < -0.3 is 29.9 Å². The molecule has 2 N–H and O–H groups in total. The first kappa shape index (κ1) is 32.5. The number of aromatic nitrogens is 1. The van der Waals surface area contributed by atoms with Gasteiger partial charge in [-0.05, 0) is 80.0 Å². The maximum absolute atomic E-state index is 14.7. The molecule has 4 amide bonds. The highest BCUT2D eigenvalue weighted by Crippen LogP contribution is 2.35. The Kier molecular flexibility index (Phi) is 9.52. The number of anilines is 1. The molecular weight excluding hydrogens is 619 g/mol. The van der Waals surface area contributed by atoms with E-state index in [-0.39, 0.29) is 48.3 Å². The summed E-state index contributed by atoms with van der Waals surface area (Å²) in [6.45, 7) is 4.44. The molecule has 3 aromatic carbocycles. The third kappa shape index (κ3) is 6.99. The van der Waals surface area contributed by atoms with Crippen LogP contribution in [-0.2, 0) is 11.2 Å². The largest absolute Gasteiger partial charge is 0.361 e. The van der Waals surface area contributed by atoms with E-state index in [0.717, 1.165) is 40.7 Å². The molecule has 0 spiro atoms. The predicted molar refractivity (Wildman–Crippen MR) is 182 cm³/mol. The first-order chi connectivity index (χ1) is 22.6. The Hall–Kier alpha value is -4.41. The summed E-state index contributed by atoms with van der Waals surface area (Å²) >= 11 is 6.40. The van der Waals surface area contributed by atoms with Crippen molar-refractivity contribution in [1.29, 1.82) is 0 Å². The molecule has 246 valence electrons. The number of fused-ring (bicyclic) bond motifs is 2. The summed E-state index contributed by atoms with van der Waals surface area (Å²) in [4.78, 5) is 52.1. The van der Waals surface area contributed by atoms with E-state index >= 15 is 0 Å². The van der Waals surface area contributed by atoms with Crippen molar-refractivity contribution in [3.8, 4) is 0 Å². The van der Waals surface area contributed by atoms with E-state index < -0.39 is 11.9 Å². The number of nitrogens with zero attached hydrogens (tertiary/aromatic N) is 4. The number of urea groups is 1. The van der Waals surface area contributed by atoms with Crippen LogP contribution in [0.4, 0.5) is 14.9 Å². The zero-order valence-electron chi connectivity index (χ0n) is 26.9. The molecular formula is C36H40ClFN6O3. The average molecular weight is 659 g/mol. The molecule has 1 saturated heterocycles. The molecule has 6 rings (SSSR count). The van der Waals surface area contributed by atoms with Crippen LogP contribution in [0.1, 0.15) is 34.3 Å². The first-order valence-corrected chi connectivity index (χ1v) is 16.4. The van der Waals surface area contributed by atoms with Gasteiger partial charge in [0.2, 0.25) is 5.91 Å². The lowest BCUT2D eigenvalue weighted by Crippen LogP contribution is -2.59. The van der Waals surface area contributed by atoms with Gasteiger partial charge in [-0.1, -0.05) is 42.8 Å². The fourth-order valence-corrected chi connectivity index (χ4v) is 7.11. The van der Waals surface area contributed by atoms with Gasteiger partial charge in [-0.25, -0.2) is 9.18 Å². The number of H-pyrrole nitrogens is 1. The number of benzene rings is 3. The van der Waals surface area contributed by atoms with Crippen LogP contribution in [0.25, 0.3) is 10.9 Å². The molecule has 0 saturated carbocycles. The molecule has 1 fully saturated rings. The lowest BCUT2D eigenvalue weighted by atomic mass is 9.88. The van der Waals surface area contributed by atoms with Crippen molar-refractivity contribution in [3.05, 3.63) is 100 Å². The number of rotatable bonds is 7. The Bertz CT molecular complexity index is 1790. The van der Waals surface area contributed by atoms with Crippen LogP contribution in [0, 0.1) is 11.7 Å². The average Bonchev–Trinajstić information content (AvgIpc) is 3.50. The highest BCUT2D eigenvalue weighted by atomic mass is 35.5. The Balaban J connectivity index is 1.26. The summed E-state index contributed by atoms with van der Waals surface area (Å²) < 4.78 is 13.7. The van der Waals surface area contributed by atoms with Crippen molar-refractivity contribution in [1.82, 2.24) is 25.0 Å². The number of aromatic amines is 1. The SMILES string of the molecule is C[C@@H](c1c[nH]c2ccccc12)[C@@H](NC(=O)N1CCN(C(=O)c2cccc(F)c2)CC1)C(=O)N1C[C@@H](CN(C)C)Cc2cc(Cl)ccc21. The summed E-state index contributed by atoms with van der Waals surface area (Å²) in [7, 11) is 4.04. The summed E-state index contributed by atoms with van der Waals surface area (Å²) in [6, 6.07) is 17.9. The van der Waals surface area contributed by atoms with E-state index in [0.29, 0.717) is 24.7 Å². The van der Waals surface area contributed by atoms with E-state index in [1.54, 1.807) is 21.9 Å². The van der Waals surface area contributed by atoms with Crippen LogP contribution in [0.2, 0.25) is 5.02 Å². The second-order valence-electron chi connectivity index (χ2n) is 12.8. The minimum Gasteiger partial charge on any atom is -0.361 e. The van der Waals surface area contributed by atoms with E-state index in [1.165, 1.54) is 18.2 Å². The maximum Gasteiger partial charge on any atom is 0.318 e. The molecule has 3 heterocycles. The molecule has 0 aliphatic carbocycles. The third-order valence-electron chi connectivity index (χ3n) is 9.25. The van der Waals surface area contributed by atoms with Gasteiger partial charge in [-0.3, -0.25) is 9.59 Å². The Morgan fingerprint density at radius 2 is 1.74 bits per heavy atom. The molecule has 3 atom stereocenters. The molecule has 11 heteroatoms. The summed E-state index contributed by atoms with van der Waals surface area (Å²) in [5, 5.41) is 4.72. The van der Waals surface area contributed by atoms with Gasteiger partial charge in [0.1, 0.15) is 11.9 Å². The fourth-order valence-electron chi connectivity index (χ4n) is 6.92. The van der Waals surface area contributed by atoms with Crippen molar-refractivity contribution < 1.29 is 18.8 Å². The molecule has 0 unspecified atom stereocenters. The smallest absolute Gasteiger partial charge is 0.318 e. The molecule has 0 bridgehead atoms. The summed E-state index contributed by atoms with van der Waals surface area (Å²) in [5.74, 6) is -1.13.